The van der Waals surface area contributed by atoms with Crippen LogP contribution in [-0.4, -0.2) is 14.1 Å². The van der Waals surface area contributed by atoms with Crippen molar-refractivity contribution in [1.29, 1.82) is 0 Å². The van der Waals surface area contributed by atoms with Gasteiger partial charge >= 0.3 is 58.4 Å². The summed E-state index contributed by atoms with van der Waals surface area (Å²) >= 11 is 0. The number of methoxy groups -OCH3 is 1. The van der Waals surface area contributed by atoms with Gasteiger partial charge in [0.25, 0.3) is 6.43 Å². The van der Waals surface area contributed by atoms with E-state index in [1.54, 1.807) is 0 Å². The van der Waals surface area contributed by atoms with Crippen molar-refractivity contribution in [2.45, 2.75) is 6.43 Å². The van der Waals surface area contributed by atoms with Crippen LogP contribution in [0.2, 0.25) is 0 Å². The smallest absolute Gasteiger partial charge is 0.497 e. The second-order valence-electron chi connectivity index (χ2n) is 2.87. The maximum Gasteiger partial charge on any atom is 1.00 e. The van der Waals surface area contributed by atoms with Crippen LogP contribution in [0.1, 0.15) is 12.0 Å². The summed E-state index contributed by atoms with van der Waals surface area (Å²) in [6.07, 6.45) is -3.17. The van der Waals surface area contributed by atoms with Gasteiger partial charge in [-0.25, -0.2) is 8.78 Å². The maximum atomic E-state index is 12.3. The van der Waals surface area contributed by atoms with Gasteiger partial charge in [0, 0.05) is 0 Å². The van der Waals surface area contributed by atoms with E-state index in [1.165, 1.54) is 7.11 Å². The Morgan fingerprint density at radius 2 is 1.75 bits per heavy atom. The normalized spacial score (nSPS) is 11.2. The third-order valence-electron chi connectivity index (χ3n) is 1.88. The monoisotopic (exact) mass is 264 g/mol. The van der Waals surface area contributed by atoms with Gasteiger partial charge in [-0.2, -0.15) is 0 Å². The molecule has 1 aromatic rings. The fourth-order valence-corrected chi connectivity index (χ4v) is 1.17. The minimum absolute atomic E-state index is 0. The fraction of sp³-hybridized carbons (Fsp3) is 0.250. The molecule has 0 aromatic heterocycles. The molecule has 0 fully saturated rings. The molecule has 0 spiro atoms. The summed E-state index contributed by atoms with van der Waals surface area (Å²) < 4.78 is 66.2. The molecule has 1 aromatic carbocycles. The molecular formula is C8H7BF5KO. The first-order valence-electron chi connectivity index (χ1n) is 4.02. The molecule has 0 unspecified atom stereocenters. The zero-order valence-electron chi connectivity index (χ0n) is 8.68. The quantitative estimate of drug-likeness (QED) is 0.537. The number of hydrogen-bond donors (Lipinski definition) is 0. The van der Waals surface area contributed by atoms with Gasteiger partial charge in [-0.15, -0.1) is 0 Å². The molecule has 0 saturated carbocycles. The van der Waals surface area contributed by atoms with E-state index in [4.69, 9.17) is 0 Å². The molecule has 8 heteroatoms. The van der Waals surface area contributed by atoms with Crippen LogP contribution in [0, 0.1) is 0 Å². The van der Waals surface area contributed by atoms with Crippen LogP contribution in [-0.2, 0) is 0 Å². The topological polar surface area (TPSA) is 9.23 Å². The summed E-state index contributed by atoms with van der Waals surface area (Å²) in [4.78, 5) is 0. The molecule has 0 aliphatic rings. The molecule has 16 heavy (non-hydrogen) atoms. The molecule has 0 N–H and O–H groups in total. The van der Waals surface area contributed by atoms with Crippen molar-refractivity contribution >= 4 is 12.4 Å². The van der Waals surface area contributed by atoms with Crippen molar-refractivity contribution in [3.63, 3.8) is 0 Å². The largest absolute Gasteiger partial charge is 1.00 e. The van der Waals surface area contributed by atoms with E-state index < -0.39 is 24.4 Å². The summed E-state index contributed by atoms with van der Waals surface area (Å²) in [5.41, 5.74) is -2.31. The van der Waals surface area contributed by atoms with Crippen molar-refractivity contribution in [3.8, 4) is 5.75 Å². The predicted octanol–water partition coefficient (Wildman–Crippen LogP) is -0.309. The van der Waals surface area contributed by atoms with Gasteiger partial charge in [-0.05, 0) is 17.7 Å². The van der Waals surface area contributed by atoms with Crippen molar-refractivity contribution in [3.05, 3.63) is 23.8 Å². The molecule has 0 radical (unpaired) electrons. The minimum atomic E-state index is -5.42. The van der Waals surface area contributed by atoms with E-state index in [2.05, 4.69) is 4.74 Å². The van der Waals surface area contributed by atoms with Gasteiger partial charge in [0.05, 0.1) is 7.11 Å². The van der Waals surface area contributed by atoms with Crippen molar-refractivity contribution in [2.24, 2.45) is 0 Å². The summed E-state index contributed by atoms with van der Waals surface area (Å²) in [5.74, 6) is -0.0194. The zero-order chi connectivity index (χ0) is 11.6. The first kappa shape index (κ1) is 16.4. The van der Waals surface area contributed by atoms with E-state index in [0.717, 1.165) is 6.07 Å². The van der Waals surface area contributed by atoms with Gasteiger partial charge in [-0.3, -0.25) is 0 Å². The number of rotatable bonds is 3. The number of alkyl halides is 2. The summed E-state index contributed by atoms with van der Waals surface area (Å²) in [5, 5.41) is 0. The van der Waals surface area contributed by atoms with Crippen LogP contribution in [0.15, 0.2) is 18.2 Å². The molecule has 0 heterocycles. The zero-order valence-corrected chi connectivity index (χ0v) is 11.8. The molecule has 0 bridgehead atoms. The van der Waals surface area contributed by atoms with Gasteiger partial charge < -0.3 is 17.7 Å². The Balaban J connectivity index is 0.00000225. The van der Waals surface area contributed by atoms with E-state index in [9.17, 15) is 21.7 Å². The fourth-order valence-electron chi connectivity index (χ4n) is 1.17. The number of hydrogen-bond acceptors (Lipinski definition) is 1. The average molecular weight is 264 g/mol. The van der Waals surface area contributed by atoms with Crippen molar-refractivity contribution in [2.75, 3.05) is 7.11 Å². The Hall–Kier alpha value is 0.371. The maximum absolute atomic E-state index is 12.3. The molecule has 0 amide bonds. The third-order valence-corrected chi connectivity index (χ3v) is 1.88. The molecule has 0 saturated heterocycles. The number of halogens is 5. The minimum Gasteiger partial charge on any atom is -0.497 e. The molecule has 0 aliphatic heterocycles. The molecule has 0 atom stereocenters. The van der Waals surface area contributed by atoms with Crippen molar-refractivity contribution in [1.82, 2.24) is 0 Å². The SMILES string of the molecule is COc1ccc([B-](F)(F)F)c(C(F)F)c1.[K+]. The van der Waals surface area contributed by atoms with Crippen LogP contribution in [0.5, 0.6) is 5.75 Å². The van der Waals surface area contributed by atoms with Crippen molar-refractivity contribution < 1.29 is 77.8 Å². The number of ether oxygens (including phenoxy) is 1. The second-order valence-corrected chi connectivity index (χ2v) is 2.87. The first-order chi connectivity index (χ1) is 6.86. The number of benzene rings is 1. The van der Waals surface area contributed by atoms with E-state index >= 15 is 0 Å². The average Bonchev–Trinajstić information content (AvgIpc) is 2.15. The van der Waals surface area contributed by atoms with Crippen LogP contribution >= 0.6 is 0 Å². The summed E-state index contributed by atoms with van der Waals surface area (Å²) in [6.45, 7) is -5.42. The summed E-state index contributed by atoms with van der Waals surface area (Å²) in [6, 6.07) is 2.33. The Morgan fingerprint density at radius 1 is 1.19 bits per heavy atom. The van der Waals surface area contributed by atoms with Crippen LogP contribution < -0.4 is 61.6 Å². The van der Waals surface area contributed by atoms with Crippen LogP contribution in [0.25, 0.3) is 0 Å². The standard InChI is InChI=1S/C8H7BF5O.K/c1-15-5-2-3-7(9(12,13)14)6(4-5)8(10)11;/h2-4,8H,1H3;/q-1;+1. The van der Waals surface area contributed by atoms with Gasteiger partial charge in [0.1, 0.15) is 5.75 Å². The third kappa shape index (κ3) is 3.99. The molecular weight excluding hydrogens is 257 g/mol. The predicted molar refractivity (Wildman–Crippen MR) is 46.7 cm³/mol. The van der Waals surface area contributed by atoms with Crippen LogP contribution in [0.4, 0.5) is 21.7 Å². The first-order valence-corrected chi connectivity index (χ1v) is 4.02. The Morgan fingerprint density at radius 3 is 2.12 bits per heavy atom. The molecule has 84 valence electrons. The van der Waals surface area contributed by atoms with E-state index in [1.807, 2.05) is 0 Å². The Kier molecular flexibility index (Phi) is 6.49. The van der Waals surface area contributed by atoms with Gasteiger partial charge in [0.15, 0.2) is 0 Å². The second kappa shape index (κ2) is 6.34. The van der Waals surface area contributed by atoms with E-state index in [0.29, 0.717) is 12.1 Å². The van der Waals surface area contributed by atoms with Gasteiger partial charge in [-0.1, -0.05) is 11.5 Å². The van der Waals surface area contributed by atoms with E-state index in [-0.39, 0.29) is 57.1 Å². The summed E-state index contributed by atoms with van der Waals surface area (Å²) in [7, 11) is 1.20. The Labute approximate surface area is 132 Å². The molecule has 1 nitrogen and oxygen atoms in total. The van der Waals surface area contributed by atoms with Gasteiger partial charge in [0.2, 0.25) is 0 Å². The Bertz CT molecular complexity index is 355. The molecule has 0 aliphatic carbocycles. The van der Waals surface area contributed by atoms with Crippen LogP contribution in [0.3, 0.4) is 0 Å². The molecule has 1 rings (SSSR count).